The SMILES string of the molecule is CCN(Cc1nc(C(F)(F)F)n[nH]1)C(=O)C=CCc1cc(F)c(F)cc1F. The lowest BCUT2D eigenvalue weighted by atomic mass is 10.1. The average Bonchev–Trinajstić information content (AvgIpc) is 3.06. The topological polar surface area (TPSA) is 61.9 Å². The zero-order chi connectivity index (χ0) is 20.2. The van der Waals surface area contributed by atoms with Crippen molar-refractivity contribution in [3.05, 3.63) is 58.9 Å². The third kappa shape index (κ3) is 5.31. The standard InChI is InChI=1S/C16H14F6N4O/c1-2-26(8-13-23-15(25-24-13)16(20,21)22)14(27)5-3-4-9-6-11(18)12(19)7-10(9)17/h3,5-7H,2,4,8H2,1H3,(H,23,24,25). The van der Waals surface area contributed by atoms with Crippen molar-refractivity contribution in [1.82, 2.24) is 20.1 Å². The van der Waals surface area contributed by atoms with E-state index in [4.69, 9.17) is 0 Å². The number of nitrogens with one attached hydrogen (secondary N) is 1. The third-order valence-corrected chi connectivity index (χ3v) is 3.51. The number of carbonyl (C=O) groups is 1. The first-order valence-corrected chi connectivity index (χ1v) is 7.69. The van der Waals surface area contributed by atoms with Gasteiger partial charge in [-0.15, -0.1) is 5.10 Å². The molecule has 0 aliphatic heterocycles. The third-order valence-electron chi connectivity index (χ3n) is 3.51. The molecule has 2 rings (SSSR count). The second-order valence-corrected chi connectivity index (χ2v) is 5.42. The van der Waals surface area contributed by atoms with Gasteiger partial charge >= 0.3 is 6.18 Å². The molecule has 1 amide bonds. The molecule has 1 aromatic carbocycles. The number of carbonyl (C=O) groups excluding carboxylic acids is 1. The summed E-state index contributed by atoms with van der Waals surface area (Å²) in [6.45, 7) is 1.51. The maximum Gasteiger partial charge on any atom is 0.453 e. The summed E-state index contributed by atoms with van der Waals surface area (Å²) in [4.78, 5) is 16.5. The Balaban J connectivity index is 2.01. The maximum atomic E-state index is 13.5. The number of amides is 1. The molecule has 0 aliphatic rings. The predicted molar refractivity (Wildman–Crippen MR) is 81.6 cm³/mol. The van der Waals surface area contributed by atoms with Gasteiger partial charge in [0.2, 0.25) is 5.91 Å². The Morgan fingerprint density at radius 3 is 2.44 bits per heavy atom. The fourth-order valence-corrected chi connectivity index (χ4v) is 2.13. The second kappa shape index (κ2) is 8.23. The second-order valence-electron chi connectivity index (χ2n) is 5.42. The van der Waals surface area contributed by atoms with Crippen molar-refractivity contribution in [2.75, 3.05) is 6.54 Å². The highest BCUT2D eigenvalue weighted by Gasteiger charge is 2.36. The maximum absolute atomic E-state index is 13.5. The molecule has 0 atom stereocenters. The molecule has 0 radical (unpaired) electrons. The van der Waals surface area contributed by atoms with Crippen LogP contribution in [0.4, 0.5) is 26.3 Å². The normalized spacial score (nSPS) is 12.0. The van der Waals surface area contributed by atoms with E-state index in [1.54, 1.807) is 6.92 Å². The highest BCUT2D eigenvalue weighted by molar-refractivity contribution is 5.87. The van der Waals surface area contributed by atoms with Crippen LogP contribution < -0.4 is 0 Å². The lowest BCUT2D eigenvalue weighted by Crippen LogP contribution is -2.29. The fourth-order valence-electron chi connectivity index (χ4n) is 2.13. The van der Waals surface area contributed by atoms with Crippen LogP contribution in [-0.4, -0.2) is 32.5 Å². The Kier molecular flexibility index (Phi) is 6.24. The Bertz CT molecular complexity index is 846. The van der Waals surface area contributed by atoms with Crippen LogP contribution in [0.15, 0.2) is 24.3 Å². The molecule has 1 heterocycles. The quantitative estimate of drug-likeness (QED) is 0.466. The number of halogens is 6. The summed E-state index contributed by atoms with van der Waals surface area (Å²) in [6.07, 6.45) is -2.58. The average molecular weight is 392 g/mol. The van der Waals surface area contributed by atoms with E-state index in [1.165, 1.54) is 11.0 Å². The lowest BCUT2D eigenvalue weighted by Gasteiger charge is -2.17. The number of rotatable bonds is 6. The van der Waals surface area contributed by atoms with Crippen LogP contribution in [0, 0.1) is 17.5 Å². The molecular weight excluding hydrogens is 378 g/mol. The summed E-state index contributed by atoms with van der Waals surface area (Å²) in [6, 6.07) is 1.09. The van der Waals surface area contributed by atoms with Crippen molar-refractivity contribution >= 4 is 5.91 Å². The molecule has 1 aromatic heterocycles. The molecule has 1 N–H and O–H groups in total. The van der Waals surface area contributed by atoms with Crippen LogP contribution in [0.2, 0.25) is 0 Å². The molecule has 0 fully saturated rings. The number of likely N-dealkylation sites (N-methyl/N-ethyl adjacent to an activating group) is 1. The van der Waals surface area contributed by atoms with Crippen LogP contribution in [0.5, 0.6) is 0 Å². The summed E-state index contributed by atoms with van der Waals surface area (Å²) < 4.78 is 76.9. The Morgan fingerprint density at radius 1 is 1.19 bits per heavy atom. The molecule has 0 aliphatic carbocycles. The minimum atomic E-state index is -4.70. The van der Waals surface area contributed by atoms with Gasteiger partial charge in [-0.3, -0.25) is 9.89 Å². The van der Waals surface area contributed by atoms with Gasteiger partial charge in [0.15, 0.2) is 11.6 Å². The Labute approximate surface area is 149 Å². The van der Waals surface area contributed by atoms with Crippen molar-refractivity contribution in [3.8, 4) is 0 Å². The minimum Gasteiger partial charge on any atom is -0.332 e. The molecule has 5 nitrogen and oxygen atoms in total. The monoisotopic (exact) mass is 392 g/mol. The van der Waals surface area contributed by atoms with E-state index in [-0.39, 0.29) is 30.9 Å². The van der Waals surface area contributed by atoms with Crippen LogP contribution in [-0.2, 0) is 23.9 Å². The Hall–Kier alpha value is -2.85. The van der Waals surface area contributed by atoms with E-state index in [9.17, 15) is 31.1 Å². The summed E-state index contributed by atoms with van der Waals surface area (Å²) >= 11 is 0. The van der Waals surface area contributed by atoms with Gasteiger partial charge in [0.25, 0.3) is 5.82 Å². The van der Waals surface area contributed by atoms with E-state index < -0.39 is 35.4 Å². The smallest absolute Gasteiger partial charge is 0.332 e. The number of nitrogens with zero attached hydrogens (tertiary/aromatic N) is 3. The van der Waals surface area contributed by atoms with Gasteiger partial charge in [-0.25, -0.2) is 18.2 Å². The van der Waals surface area contributed by atoms with Gasteiger partial charge in [-0.2, -0.15) is 13.2 Å². The van der Waals surface area contributed by atoms with Gasteiger partial charge in [-0.1, -0.05) is 6.08 Å². The summed E-state index contributed by atoms with van der Waals surface area (Å²) in [5, 5.41) is 5.14. The summed E-state index contributed by atoms with van der Waals surface area (Å²) in [7, 11) is 0. The fraction of sp³-hybridized carbons (Fsp3) is 0.312. The van der Waals surface area contributed by atoms with E-state index >= 15 is 0 Å². The van der Waals surface area contributed by atoms with Gasteiger partial charge in [0.05, 0.1) is 6.54 Å². The van der Waals surface area contributed by atoms with Crippen molar-refractivity contribution in [1.29, 1.82) is 0 Å². The van der Waals surface area contributed by atoms with E-state index in [1.807, 2.05) is 0 Å². The largest absolute Gasteiger partial charge is 0.453 e. The first-order valence-electron chi connectivity index (χ1n) is 7.69. The number of benzene rings is 1. The molecule has 0 bridgehead atoms. The van der Waals surface area contributed by atoms with Crippen molar-refractivity contribution < 1.29 is 31.1 Å². The van der Waals surface area contributed by atoms with Crippen LogP contribution >= 0.6 is 0 Å². The summed E-state index contributed by atoms with van der Waals surface area (Å²) in [5.41, 5.74) is -0.147. The first kappa shape index (κ1) is 20.5. The van der Waals surface area contributed by atoms with Crippen molar-refractivity contribution in [2.24, 2.45) is 0 Å². The van der Waals surface area contributed by atoms with Crippen LogP contribution in [0.25, 0.3) is 0 Å². The van der Waals surface area contributed by atoms with Crippen molar-refractivity contribution in [3.63, 3.8) is 0 Å². The molecule has 0 saturated carbocycles. The van der Waals surface area contributed by atoms with E-state index in [0.29, 0.717) is 12.1 Å². The molecule has 0 unspecified atom stereocenters. The minimum absolute atomic E-state index is 0.147. The highest BCUT2D eigenvalue weighted by atomic mass is 19.4. The number of hydrogen-bond donors (Lipinski definition) is 1. The van der Waals surface area contributed by atoms with Gasteiger partial charge < -0.3 is 4.90 Å². The first-order chi connectivity index (χ1) is 12.6. The highest BCUT2D eigenvalue weighted by Crippen LogP contribution is 2.25. The summed E-state index contributed by atoms with van der Waals surface area (Å²) in [5.74, 6) is -5.57. The molecule has 2 aromatic rings. The number of alkyl halides is 3. The van der Waals surface area contributed by atoms with Gasteiger partial charge in [0.1, 0.15) is 11.6 Å². The van der Waals surface area contributed by atoms with E-state index in [0.717, 1.165) is 6.08 Å². The molecule has 0 spiro atoms. The molecule has 0 saturated heterocycles. The molecular formula is C16H14F6N4O. The predicted octanol–water partition coefficient (Wildman–Crippen LogP) is 3.39. The van der Waals surface area contributed by atoms with Gasteiger partial charge in [-0.05, 0) is 31.1 Å². The van der Waals surface area contributed by atoms with Crippen LogP contribution in [0.3, 0.4) is 0 Å². The number of allylic oxidation sites excluding steroid dienone is 1. The molecule has 11 heteroatoms. The zero-order valence-corrected chi connectivity index (χ0v) is 13.9. The number of hydrogen-bond acceptors (Lipinski definition) is 3. The zero-order valence-electron chi connectivity index (χ0n) is 13.9. The Morgan fingerprint density at radius 2 is 1.85 bits per heavy atom. The molecule has 146 valence electrons. The number of aromatic amines is 1. The number of H-pyrrole nitrogens is 1. The van der Waals surface area contributed by atoms with Gasteiger partial charge in [0, 0.05) is 12.6 Å². The van der Waals surface area contributed by atoms with E-state index in [2.05, 4.69) is 15.2 Å². The lowest BCUT2D eigenvalue weighted by molar-refractivity contribution is -0.144. The number of aromatic nitrogens is 3. The van der Waals surface area contributed by atoms with Crippen molar-refractivity contribution in [2.45, 2.75) is 26.1 Å². The van der Waals surface area contributed by atoms with Crippen LogP contribution in [0.1, 0.15) is 24.1 Å². The molecule has 27 heavy (non-hydrogen) atoms.